The van der Waals surface area contributed by atoms with E-state index in [2.05, 4.69) is 9.97 Å². The monoisotopic (exact) mass is 190 g/mol. The average Bonchev–Trinajstić information content (AvgIpc) is 2.71. The van der Waals surface area contributed by atoms with Gasteiger partial charge in [-0.15, -0.1) is 0 Å². The maximum absolute atomic E-state index is 10.4. The van der Waals surface area contributed by atoms with Gasteiger partial charge in [0, 0.05) is 18.5 Å². The Balaban J connectivity index is 2.46. The minimum absolute atomic E-state index is 0.170. The zero-order valence-corrected chi connectivity index (χ0v) is 7.07. The largest absolute Gasteiger partial charge is 0.365 e. The number of aromatic nitrogens is 3. The van der Waals surface area contributed by atoms with Crippen LogP contribution < -0.4 is 0 Å². The van der Waals surface area contributed by atoms with Gasteiger partial charge in [0.1, 0.15) is 6.20 Å². The third kappa shape index (κ3) is 1.45. The van der Waals surface area contributed by atoms with Gasteiger partial charge in [-0.05, 0) is 9.91 Å². The fourth-order valence-electron chi connectivity index (χ4n) is 1.08. The summed E-state index contributed by atoms with van der Waals surface area (Å²) in [6.07, 6.45) is 6.28. The zero-order valence-electron chi connectivity index (χ0n) is 7.07. The Kier molecular flexibility index (Phi) is 1.94. The van der Waals surface area contributed by atoms with Crippen molar-refractivity contribution >= 4 is 5.82 Å². The van der Waals surface area contributed by atoms with E-state index < -0.39 is 4.92 Å². The first kappa shape index (κ1) is 8.36. The number of hydrogen-bond donors (Lipinski definition) is 0. The average molecular weight is 190 g/mol. The molecule has 6 nitrogen and oxygen atoms in total. The molecule has 2 rings (SSSR count). The van der Waals surface area contributed by atoms with E-state index in [1.807, 2.05) is 0 Å². The molecule has 0 fully saturated rings. The van der Waals surface area contributed by atoms with Gasteiger partial charge in [-0.25, -0.2) is 4.98 Å². The fourth-order valence-corrected chi connectivity index (χ4v) is 1.08. The number of pyridine rings is 1. The second-order valence-corrected chi connectivity index (χ2v) is 2.60. The summed E-state index contributed by atoms with van der Waals surface area (Å²) >= 11 is 0. The molecule has 70 valence electrons. The first-order chi connectivity index (χ1) is 6.77. The molecule has 0 saturated heterocycles. The van der Waals surface area contributed by atoms with E-state index in [4.69, 9.17) is 0 Å². The summed E-state index contributed by atoms with van der Waals surface area (Å²) in [7, 11) is 0. The molecule has 0 atom stereocenters. The van der Waals surface area contributed by atoms with Gasteiger partial charge in [0.15, 0.2) is 0 Å². The highest BCUT2D eigenvalue weighted by molar-refractivity contribution is 5.37. The van der Waals surface area contributed by atoms with Crippen LogP contribution in [0.25, 0.3) is 5.69 Å². The minimum atomic E-state index is -0.527. The summed E-state index contributed by atoms with van der Waals surface area (Å²) in [6, 6.07) is 3.07. The van der Waals surface area contributed by atoms with Gasteiger partial charge < -0.3 is 14.7 Å². The summed E-state index contributed by atoms with van der Waals surface area (Å²) in [5.41, 5.74) is 0.671. The lowest BCUT2D eigenvalue weighted by atomic mass is 10.4. The third-order valence-electron chi connectivity index (χ3n) is 1.72. The van der Waals surface area contributed by atoms with Gasteiger partial charge in [-0.1, -0.05) is 0 Å². The molecule has 0 aliphatic carbocycles. The Morgan fingerprint density at radius 2 is 2.29 bits per heavy atom. The van der Waals surface area contributed by atoms with E-state index >= 15 is 0 Å². The van der Waals surface area contributed by atoms with Crippen LogP contribution in [0.2, 0.25) is 0 Å². The Morgan fingerprint density at radius 3 is 2.93 bits per heavy atom. The molecule has 2 aromatic rings. The smallest absolute Gasteiger partial charge is 0.358 e. The molecule has 0 spiro atoms. The van der Waals surface area contributed by atoms with Crippen LogP contribution in [-0.4, -0.2) is 19.5 Å². The molecule has 0 aliphatic heterocycles. The van der Waals surface area contributed by atoms with Crippen LogP contribution in [0.15, 0.2) is 37.1 Å². The number of nitrogens with zero attached hydrogens (tertiary/aromatic N) is 4. The van der Waals surface area contributed by atoms with Crippen molar-refractivity contribution in [3.8, 4) is 5.69 Å². The van der Waals surface area contributed by atoms with E-state index in [9.17, 15) is 10.1 Å². The Hall–Kier alpha value is -2.24. The van der Waals surface area contributed by atoms with E-state index in [1.165, 1.54) is 12.3 Å². The highest BCUT2D eigenvalue weighted by Gasteiger charge is 2.07. The number of imidazole rings is 1. The SMILES string of the molecule is O=[N+]([O-])c1cc(-n2ccnc2)ccn1. The van der Waals surface area contributed by atoms with Crippen molar-refractivity contribution in [2.75, 3.05) is 0 Å². The molecule has 0 unspecified atom stereocenters. The molecule has 14 heavy (non-hydrogen) atoms. The van der Waals surface area contributed by atoms with Gasteiger partial charge in [0.25, 0.3) is 0 Å². The second-order valence-electron chi connectivity index (χ2n) is 2.60. The molecule has 0 radical (unpaired) electrons. The van der Waals surface area contributed by atoms with Crippen LogP contribution in [0.4, 0.5) is 5.82 Å². The zero-order chi connectivity index (χ0) is 9.97. The summed E-state index contributed by atoms with van der Waals surface area (Å²) in [5.74, 6) is -0.170. The quantitative estimate of drug-likeness (QED) is 0.526. The lowest BCUT2D eigenvalue weighted by molar-refractivity contribution is -0.389. The van der Waals surface area contributed by atoms with Gasteiger partial charge >= 0.3 is 5.82 Å². The number of nitro groups is 1. The molecule has 0 saturated carbocycles. The van der Waals surface area contributed by atoms with E-state index in [0.29, 0.717) is 5.69 Å². The van der Waals surface area contributed by atoms with Crippen LogP contribution in [0.3, 0.4) is 0 Å². The van der Waals surface area contributed by atoms with Crippen LogP contribution in [-0.2, 0) is 0 Å². The van der Waals surface area contributed by atoms with Crippen molar-refractivity contribution in [1.29, 1.82) is 0 Å². The maximum Gasteiger partial charge on any atom is 0.365 e. The molecule has 0 bridgehead atoms. The highest BCUT2D eigenvalue weighted by Crippen LogP contribution is 2.12. The standard InChI is InChI=1S/C8H6N4O2/c13-12(14)8-5-7(1-2-10-8)11-4-3-9-6-11/h1-6H. The maximum atomic E-state index is 10.4. The van der Waals surface area contributed by atoms with Crippen LogP contribution in [0.1, 0.15) is 0 Å². The van der Waals surface area contributed by atoms with E-state index in [1.54, 1.807) is 29.4 Å². The first-order valence-corrected chi connectivity index (χ1v) is 3.86. The molecular formula is C8H6N4O2. The van der Waals surface area contributed by atoms with Crippen molar-refractivity contribution in [3.05, 3.63) is 47.2 Å². The molecule has 0 aromatic carbocycles. The van der Waals surface area contributed by atoms with Gasteiger partial charge in [-0.3, -0.25) is 0 Å². The highest BCUT2D eigenvalue weighted by atomic mass is 16.6. The lowest BCUT2D eigenvalue weighted by Gasteiger charge is -1.99. The topological polar surface area (TPSA) is 73.8 Å². The van der Waals surface area contributed by atoms with Crippen molar-refractivity contribution in [1.82, 2.24) is 14.5 Å². The normalized spacial score (nSPS) is 10.0. The molecule has 0 aliphatic rings. The minimum Gasteiger partial charge on any atom is -0.358 e. The molecule has 0 N–H and O–H groups in total. The number of hydrogen-bond acceptors (Lipinski definition) is 4. The number of rotatable bonds is 2. The van der Waals surface area contributed by atoms with Gasteiger partial charge in [0.2, 0.25) is 0 Å². The summed E-state index contributed by atoms with van der Waals surface area (Å²) < 4.78 is 1.68. The Bertz CT molecular complexity index is 452. The lowest BCUT2D eigenvalue weighted by Crippen LogP contribution is -1.95. The fraction of sp³-hybridized carbons (Fsp3) is 0. The summed E-state index contributed by atoms with van der Waals surface area (Å²) in [6.45, 7) is 0. The Labute approximate surface area is 79.0 Å². The van der Waals surface area contributed by atoms with Crippen molar-refractivity contribution in [2.24, 2.45) is 0 Å². The predicted octanol–water partition coefficient (Wildman–Crippen LogP) is 1.18. The third-order valence-corrected chi connectivity index (χ3v) is 1.72. The van der Waals surface area contributed by atoms with Crippen LogP contribution in [0.5, 0.6) is 0 Å². The van der Waals surface area contributed by atoms with Crippen LogP contribution >= 0.6 is 0 Å². The summed E-state index contributed by atoms with van der Waals surface area (Å²) in [4.78, 5) is 17.4. The van der Waals surface area contributed by atoms with Crippen molar-refractivity contribution < 1.29 is 4.92 Å². The second kappa shape index (κ2) is 3.25. The molecular weight excluding hydrogens is 184 g/mol. The molecule has 2 heterocycles. The van der Waals surface area contributed by atoms with Gasteiger partial charge in [0.05, 0.1) is 18.1 Å². The van der Waals surface area contributed by atoms with Crippen LogP contribution in [0, 0.1) is 10.1 Å². The molecule has 0 amide bonds. The molecule has 2 aromatic heterocycles. The Morgan fingerprint density at radius 1 is 1.43 bits per heavy atom. The van der Waals surface area contributed by atoms with E-state index in [0.717, 1.165) is 0 Å². The predicted molar refractivity (Wildman–Crippen MR) is 48.0 cm³/mol. The van der Waals surface area contributed by atoms with Gasteiger partial charge in [-0.2, -0.15) is 0 Å². The van der Waals surface area contributed by atoms with Crippen molar-refractivity contribution in [3.63, 3.8) is 0 Å². The van der Waals surface area contributed by atoms with Crippen molar-refractivity contribution in [2.45, 2.75) is 0 Å². The van der Waals surface area contributed by atoms with E-state index in [-0.39, 0.29) is 5.82 Å². The summed E-state index contributed by atoms with van der Waals surface area (Å²) in [5, 5.41) is 10.4. The first-order valence-electron chi connectivity index (χ1n) is 3.86. The molecule has 6 heteroatoms.